The lowest BCUT2D eigenvalue weighted by atomic mass is 10.0. The van der Waals surface area contributed by atoms with Crippen molar-refractivity contribution in [3.8, 4) is 17.2 Å². The number of hydrogen-bond acceptors (Lipinski definition) is 8. The number of nitrogens with one attached hydrogen (secondary N) is 1. The van der Waals surface area contributed by atoms with Gasteiger partial charge in [0.1, 0.15) is 23.1 Å². The molecule has 0 radical (unpaired) electrons. The highest BCUT2D eigenvalue weighted by molar-refractivity contribution is 7.09. The second kappa shape index (κ2) is 11.7. The van der Waals surface area contributed by atoms with Crippen molar-refractivity contribution in [2.75, 3.05) is 32.5 Å². The quantitative estimate of drug-likeness (QED) is 0.451. The van der Waals surface area contributed by atoms with Crippen LogP contribution >= 0.6 is 11.5 Å². The Kier molecular flexibility index (Phi) is 8.40. The minimum absolute atomic E-state index is 0.000644. The van der Waals surface area contributed by atoms with E-state index in [0.717, 1.165) is 37.5 Å². The number of nitrogens with zero attached hydrogens (tertiary/aromatic N) is 4. The zero-order valence-electron chi connectivity index (χ0n) is 21.9. The number of aryl methyl sites for hydroxylation is 1. The fourth-order valence-electron chi connectivity index (χ4n) is 4.17. The Morgan fingerprint density at radius 1 is 1.05 bits per heavy atom. The largest absolute Gasteiger partial charge is 0.491 e. The van der Waals surface area contributed by atoms with Gasteiger partial charge in [0.2, 0.25) is 5.13 Å². The van der Waals surface area contributed by atoms with Crippen molar-refractivity contribution in [1.29, 1.82) is 0 Å². The molecule has 2 aromatic carbocycles. The van der Waals surface area contributed by atoms with Crippen molar-refractivity contribution < 1.29 is 19.1 Å². The number of carbonyl (C=O) groups excluding carboxylic acids is 2. The van der Waals surface area contributed by atoms with Crippen LogP contribution in [0.4, 0.5) is 5.13 Å². The van der Waals surface area contributed by atoms with Gasteiger partial charge in [-0.05, 0) is 90.1 Å². The number of hydrogen-bond donors (Lipinski definition) is 1. The summed E-state index contributed by atoms with van der Waals surface area (Å²) in [7, 11) is 3.98. The van der Waals surface area contributed by atoms with Crippen LogP contribution in [0.1, 0.15) is 53.2 Å². The lowest BCUT2D eigenvalue weighted by Crippen LogP contribution is -2.44. The second-order valence-corrected chi connectivity index (χ2v) is 10.3. The van der Waals surface area contributed by atoms with Crippen LogP contribution in [0.3, 0.4) is 0 Å². The molecule has 1 N–H and O–H groups in total. The first-order valence-electron chi connectivity index (χ1n) is 12.3. The smallest absolute Gasteiger partial charge is 0.257 e. The van der Waals surface area contributed by atoms with E-state index in [-0.39, 0.29) is 24.0 Å². The summed E-state index contributed by atoms with van der Waals surface area (Å²) in [5, 5.41) is 3.18. The fourth-order valence-corrected chi connectivity index (χ4v) is 4.74. The van der Waals surface area contributed by atoms with E-state index in [1.165, 1.54) is 0 Å². The van der Waals surface area contributed by atoms with E-state index >= 15 is 0 Å². The van der Waals surface area contributed by atoms with Gasteiger partial charge in [0.05, 0.1) is 6.10 Å². The predicted molar refractivity (Wildman–Crippen MR) is 144 cm³/mol. The summed E-state index contributed by atoms with van der Waals surface area (Å²) < 4.78 is 16.0. The van der Waals surface area contributed by atoms with Crippen LogP contribution in [0.25, 0.3) is 0 Å². The molecule has 0 aliphatic carbocycles. The molecule has 0 spiro atoms. The number of aromatic nitrogens is 2. The zero-order valence-corrected chi connectivity index (χ0v) is 22.7. The van der Waals surface area contributed by atoms with E-state index in [0.29, 0.717) is 39.3 Å². The second-order valence-electron chi connectivity index (χ2n) is 9.54. The third kappa shape index (κ3) is 7.05. The van der Waals surface area contributed by atoms with E-state index in [2.05, 4.69) is 26.6 Å². The Morgan fingerprint density at radius 3 is 2.35 bits per heavy atom. The van der Waals surface area contributed by atoms with Crippen molar-refractivity contribution in [3.05, 3.63) is 59.4 Å². The molecule has 1 saturated heterocycles. The number of carbonyl (C=O) groups is 2. The maximum atomic E-state index is 13.0. The summed E-state index contributed by atoms with van der Waals surface area (Å²) in [6.07, 6.45) is 1.87. The van der Waals surface area contributed by atoms with E-state index in [4.69, 9.17) is 9.47 Å². The van der Waals surface area contributed by atoms with Crippen LogP contribution in [-0.4, -0.2) is 70.3 Å². The van der Waals surface area contributed by atoms with Gasteiger partial charge in [0, 0.05) is 41.8 Å². The third-order valence-corrected chi connectivity index (χ3v) is 6.88. The topological polar surface area (TPSA) is 96.9 Å². The van der Waals surface area contributed by atoms with Gasteiger partial charge in [-0.1, -0.05) is 0 Å². The molecule has 3 aromatic rings. The number of amides is 2. The Hall–Kier alpha value is -3.50. The molecule has 0 bridgehead atoms. The Balaban J connectivity index is 1.48. The molecular weight excluding hydrogens is 490 g/mol. The number of ether oxygens (including phenoxy) is 2. The predicted octanol–water partition coefficient (Wildman–Crippen LogP) is 4.84. The van der Waals surface area contributed by atoms with Crippen molar-refractivity contribution in [2.24, 2.45) is 0 Å². The molecule has 1 aliphatic rings. The van der Waals surface area contributed by atoms with Crippen molar-refractivity contribution in [2.45, 2.75) is 45.8 Å². The molecule has 2 heterocycles. The SMILES string of the molecule is Cc1nsc(NC(=O)c2cc(Oc3ccc(C(=O)N(C)C4CCN(C)CC4)cc3)cc(OC(C)C)c2)n1. The maximum absolute atomic E-state index is 13.0. The van der Waals surface area contributed by atoms with E-state index < -0.39 is 0 Å². The molecule has 9 nitrogen and oxygen atoms in total. The number of benzene rings is 2. The van der Waals surface area contributed by atoms with Gasteiger partial charge in [-0.25, -0.2) is 4.98 Å². The van der Waals surface area contributed by atoms with Gasteiger partial charge in [0.25, 0.3) is 11.8 Å². The van der Waals surface area contributed by atoms with Crippen LogP contribution in [0.2, 0.25) is 0 Å². The average molecular weight is 524 g/mol. The van der Waals surface area contributed by atoms with Crippen LogP contribution in [0.15, 0.2) is 42.5 Å². The minimum atomic E-state index is -0.340. The molecule has 2 amide bonds. The lowest BCUT2D eigenvalue weighted by molar-refractivity contribution is 0.0659. The highest BCUT2D eigenvalue weighted by Crippen LogP contribution is 2.29. The Bertz CT molecular complexity index is 1240. The molecule has 10 heteroatoms. The van der Waals surface area contributed by atoms with Gasteiger partial charge < -0.3 is 19.3 Å². The number of rotatable bonds is 8. The number of likely N-dealkylation sites (tertiary alicyclic amines) is 1. The molecule has 0 unspecified atom stereocenters. The third-order valence-electron chi connectivity index (χ3n) is 6.16. The van der Waals surface area contributed by atoms with Crippen molar-refractivity contribution >= 4 is 28.5 Å². The summed E-state index contributed by atoms with van der Waals surface area (Å²) in [5.74, 6) is 1.76. The number of anilines is 1. The number of piperidine rings is 1. The first-order chi connectivity index (χ1) is 17.7. The molecular formula is C27H33N5O4S. The van der Waals surface area contributed by atoms with E-state index in [9.17, 15) is 9.59 Å². The fraction of sp³-hybridized carbons (Fsp3) is 0.407. The molecule has 0 atom stereocenters. The molecule has 4 rings (SSSR count). The average Bonchev–Trinajstić information content (AvgIpc) is 3.27. The van der Waals surface area contributed by atoms with Gasteiger partial charge in [-0.3, -0.25) is 14.9 Å². The Labute approximate surface area is 221 Å². The summed E-state index contributed by atoms with van der Waals surface area (Å²) in [5.41, 5.74) is 0.977. The molecule has 37 heavy (non-hydrogen) atoms. The van der Waals surface area contributed by atoms with Crippen molar-refractivity contribution in [3.63, 3.8) is 0 Å². The first-order valence-corrected chi connectivity index (χ1v) is 13.1. The maximum Gasteiger partial charge on any atom is 0.257 e. The summed E-state index contributed by atoms with van der Waals surface area (Å²) >= 11 is 1.12. The lowest BCUT2D eigenvalue weighted by Gasteiger charge is -2.35. The van der Waals surface area contributed by atoms with Crippen LogP contribution in [0.5, 0.6) is 17.2 Å². The van der Waals surface area contributed by atoms with Crippen LogP contribution in [0, 0.1) is 6.92 Å². The highest BCUT2D eigenvalue weighted by atomic mass is 32.1. The minimum Gasteiger partial charge on any atom is -0.491 e. The zero-order chi connectivity index (χ0) is 26.5. The highest BCUT2D eigenvalue weighted by Gasteiger charge is 2.24. The van der Waals surface area contributed by atoms with Gasteiger partial charge in [-0.2, -0.15) is 4.37 Å². The summed E-state index contributed by atoms with van der Waals surface area (Å²) in [6.45, 7) is 7.58. The molecule has 1 aromatic heterocycles. The van der Waals surface area contributed by atoms with Gasteiger partial charge in [-0.15, -0.1) is 0 Å². The summed E-state index contributed by atoms with van der Waals surface area (Å²) in [6, 6.07) is 12.3. The molecule has 196 valence electrons. The normalized spacial score (nSPS) is 14.4. The molecule has 1 aliphatic heterocycles. The van der Waals surface area contributed by atoms with Crippen molar-refractivity contribution in [1.82, 2.24) is 19.2 Å². The van der Waals surface area contributed by atoms with Crippen LogP contribution < -0.4 is 14.8 Å². The molecule has 0 saturated carbocycles. The Morgan fingerprint density at radius 2 is 1.73 bits per heavy atom. The van der Waals surface area contributed by atoms with E-state index in [1.807, 2.05) is 25.8 Å². The monoisotopic (exact) mass is 523 g/mol. The van der Waals surface area contributed by atoms with Gasteiger partial charge >= 0.3 is 0 Å². The van der Waals surface area contributed by atoms with E-state index in [1.54, 1.807) is 49.4 Å². The van der Waals surface area contributed by atoms with Crippen LogP contribution in [-0.2, 0) is 0 Å². The molecule has 1 fully saturated rings. The standard InChI is InChI=1S/C27H33N5O4S/c1-17(2)35-23-14-20(25(33)29-27-28-18(3)30-37-27)15-24(16-23)36-22-8-6-19(7-9-22)26(34)32(5)21-10-12-31(4)13-11-21/h6-9,14-17,21H,10-13H2,1-5H3,(H,28,29,30,33). The first kappa shape index (κ1) is 26.6. The summed E-state index contributed by atoms with van der Waals surface area (Å²) in [4.78, 5) is 34.2. The van der Waals surface area contributed by atoms with Gasteiger partial charge in [0.15, 0.2) is 0 Å².